The zero-order valence-corrected chi connectivity index (χ0v) is 24.5. The van der Waals surface area contributed by atoms with Crippen molar-refractivity contribution in [3.8, 4) is 33.8 Å². The number of carbonyl (C=O) groups is 2. The summed E-state index contributed by atoms with van der Waals surface area (Å²) in [4.78, 5) is 21.3. The van der Waals surface area contributed by atoms with E-state index in [9.17, 15) is 40.3 Å². The molecule has 0 atom stereocenters. The number of hydrogen-bond donors (Lipinski definition) is 2. The first kappa shape index (κ1) is 35.4. The van der Waals surface area contributed by atoms with E-state index in [0.29, 0.717) is 11.1 Å². The van der Waals surface area contributed by atoms with E-state index in [1.807, 2.05) is 13.0 Å². The Morgan fingerprint density at radius 1 is 0.587 bits per heavy atom. The molecule has 0 aliphatic heterocycles. The highest BCUT2D eigenvalue weighted by molar-refractivity contribution is 5.76. The van der Waals surface area contributed by atoms with Gasteiger partial charge in [-0.1, -0.05) is 29.8 Å². The fourth-order valence-electron chi connectivity index (χ4n) is 4.36. The zero-order valence-electron chi connectivity index (χ0n) is 24.5. The second-order valence-corrected chi connectivity index (χ2v) is 10.1. The number of carboxylic acid groups (broad SMARTS) is 2. The fraction of sp³-hybridized carbons (Fsp3) is 0.212. The van der Waals surface area contributed by atoms with Crippen molar-refractivity contribution in [2.75, 3.05) is 13.2 Å². The van der Waals surface area contributed by atoms with Crippen LogP contribution in [0.1, 0.15) is 27.8 Å². The average Bonchev–Trinajstić information content (AvgIpc) is 2.95. The van der Waals surface area contributed by atoms with E-state index in [4.69, 9.17) is 19.7 Å². The van der Waals surface area contributed by atoms with Gasteiger partial charge in [0.05, 0.1) is 11.1 Å². The normalized spacial score (nSPS) is 11.3. The van der Waals surface area contributed by atoms with Gasteiger partial charge in [-0.3, -0.25) is 0 Å². The highest BCUT2D eigenvalue weighted by atomic mass is 19.4. The molecule has 0 radical (unpaired) electrons. The van der Waals surface area contributed by atoms with Crippen molar-refractivity contribution in [1.29, 1.82) is 0 Å². The summed E-state index contributed by atoms with van der Waals surface area (Å²) in [6, 6.07) is 14.7. The molecular weight excluding hydrogens is 625 g/mol. The van der Waals surface area contributed by atoms with Crippen LogP contribution in [0, 0.1) is 26.6 Å². The Hall–Kier alpha value is -5.07. The number of hydrogen-bond acceptors (Lipinski definition) is 4. The molecule has 0 aliphatic rings. The van der Waals surface area contributed by atoms with Crippen LogP contribution in [0.3, 0.4) is 0 Å². The quantitative estimate of drug-likeness (QED) is 0.185. The van der Waals surface area contributed by atoms with Crippen molar-refractivity contribution in [2.45, 2.75) is 33.1 Å². The Kier molecular flexibility index (Phi) is 11.0. The van der Waals surface area contributed by atoms with Gasteiger partial charge in [0.15, 0.2) is 13.2 Å². The Morgan fingerprint density at radius 3 is 1.50 bits per heavy atom. The molecule has 0 aromatic heterocycles. The van der Waals surface area contributed by atoms with Crippen molar-refractivity contribution in [3.63, 3.8) is 0 Å². The predicted octanol–water partition coefficient (Wildman–Crippen LogP) is 8.74. The summed E-state index contributed by atoms with van der Waals surface area (Å²) < 4.78 is 101. The summed E-state index contributed by atoms with van der Waals surface area (Å²) in [6.07, 6.45) is -9.07. The van der Waals surface area contributed by atoms with E-state index in [1.165, 1.54) is 12.1 Å². The van der Waals surface area contributed by atoms with Gasteiger partial charge in [-0.05, 0) is 91.6 Å². The standard InChI is InChI=1S/C17H15F3O3.C16H12F4O3/c1-10-3-5-13(11(2)7-10)14-8-12(17(18,19)20)4-6-15(14)23-9-16(21)22;1-9-2-4-11(17)7-12(9)13-6-10(16(18,19)20)3-5-14(13)23-8-15(21)22/h3-8H,9H2,1-2H3,(H,21,22);2-7H,8H2,1H3,(H,21,22). The molecule has 0 aliphatic carbocycles. The van der Waals surface area contributed by atoms with Gasteiger partial charge in [0.25, 0.3) is 0 Å². The minimum atomic E-state index is -4.58. The molecule has 0 fully saturated rings. The lowest BCUT2D eigenvalue weighted by atomic mass is 9.96. The van der Waals surface area contributed by atoms with E-state index < -0.39 is 54.4 Å². The lowest BCUT2D eigenvalue weighted by Crippen LogP contribution is -2.11. The molecule has 0 saturated heterocycles. The Labute approximate surface area is 258 Å². The first-order chi connectivity index (χ1) is 21.4. The number of aryl methyl sites for hydroxylation is 3. The topological polar surface area (TPSA) is 93.1 Å². The molecule has 6 nitrogen and oxygen atoms in total. The van der Waals surface area contributed by atoms with Gasteiger partial charge in [-0.25, -0.2) is 14.0 Å². The molecule has 4 aromatic rings. The first-order valence-electron chi connectivity index (χ1n) is 13.3. The maximum Gasteiger partial charge on any atom is 0.416 e. The summed E-state index contributed by atoms with van der Waals surface area (Å²) >= 11 is 0. The molecular formula is C33H27F7O6. The van der Waals surface area contributed by atoms with Crippen LogP contribution in [0.4, 0.5) is 30.7 Å². The van der Waals surface area contributed by atoms with Crippen LogP contribution >= 0.6 is 0 Å². The molecule has 2 N–H and O–H groups in total. The van der Waals surface area contributed by atoms with Gasteiger partial charge in [-0.2, -0.15) is 26.3 Å². The molecule has 0 amide bonds. The number of alkyl halides is 6. The second kappa shape index (κ2) is 14.4. The van der Waals surface area contributed by atoms with Gasteiger partial charge < -0.3 is 19.7 Å². The van der Waals surface area contributed by atoms with Gasteiger partial charge in [0.2, 0.25) is 0 Å². The summed E-state index contributed by atoms with van der Waals surface area (Å²) in [6.45, 7) is 3.93. The molecule has 0 bridgehead atoms. The highest BCUT2D eigenvalue weighted by Crippen LogP contribution is 2.40. The summed E-state index contributed by atoms with van der Waals surface area (Å²) in [5.41, 5.74) is 1.53. The predicted molar refractivity (Wildman–Crippen MR) is 154 cm³/mol. The number of benzene rings is 4. The van der Waals surface area contributed by atoms with Crippen molar-refractivity contribution < 1.29 is 60.0 Å². The van der Waals surface area contributed by atoms with E-state index in [2.05, 4.69) is 0 Å². The third-order valence-electron chi connectivity index (χ3n) is 6.48. The molecule has 4 rings (SSSR count). The fourth-order valence-corrected chi connectivity index (χ4v) is 4.36. The Balaban J connectivity index is 0.000000250. The maximum absolute atomic E-state index is 13.5. The minimum absolute atomic E-state index is 0.0157. The van der Waals surface area contributed by atoms with Gasteiger partial charge in [0.1, 0.15) is 17.3 Å². The zero-order chi connectivity index (χ0) is 34.4. The average molecular weight is 653 g/mol. The summed E-state index contributed by atoms with van der Waals surface area (Å²) in [5, 5.41) is 17.4. The van der Waals surface area contributed by atoms with Crippen molar-refractivity contribution >= 4 is 11.9 Å². The highest BCUT2D eigenvalue weighted by Gasteiger charge is 2.32. The molecule has 0 spiro atoms. The number of carboxylic acids is 2. The van der Waals surface area contributed by atoms with Crippen LogP contribution in [0.15, 0.2) is 72.8 Å². The van der Waals surface area contributed by atoms with Crippen LogP contribution in [-0.2, 0) is 21.9 Å². The van der Waals surface area contributed by atoms with Crippen LogP contribution < -0.4 is 9.47 Å². The molecule has 4 aromatic carbocycles. The monoisotopic (exact) mass is 652 g/mol. The van der Waals surface area contributed by atoms with Crippen LogP contribution in [0.2, 0.25) is 0 Å². The second-order valence-electron chi connectivity index (χ2n) is 10.1. The minimum Gasteiger partial charge on any atom is -0.481 e. The summed E-state index contributed by atoms with van der Waals surface area (Å²) in [7, 11) is 0. The molecule has 0 unspecified atom stereocenters. The van der Waals surface area contributed by atoms with Gasteiger partial charge in [0, 0.05) is 11.1 Å². The van der Waals surface area contributed by atoms with Crippen LogP contribution in [0.5, 0.6) is 11.5 Å². The van der Waals surface area contributed by atoms with Crippen LogP contribution in [0.25, 0.3) is 22.3 Å². The molecule has 0 heterocycles. The Bertz CT molecular complexity index is 1730. The number of aliphatic carboxylic acids is 2. The van der Waals surface area contributed by atoms with E-state index in [1.54, 1.807) is 26.0 Å². The maximum atomic E-state index is 13.5. The van der Waals surface area contributed by atoms with Gasteiger partial charge in [-0.15, -0.1) is 0 Å². The molecule has 0 saturated carbocycles. The van der Waals surface area contributed by atoms with Crippen molar-refractivity contribution in [1.82, 2.24) is 0 Å². The van der Waals surface area contributed by atoms with Crippen molar-refractivity contribution in [3.05, 3.63) is 106 Å². The SMILES string of the molecule is Cc1ccc(-c2cc(C(F)(F)F)ccc2OCC(=O)O)c(C)c1.Cc1ccc(F)cc1-c1cc(C(F)(F)F)ccc1OCC(=O)O. The smallest absolute Gasteiger partial charge is 0.416 e. The molecule has 13 heteroatoms. The first-order valence-corrected chi connectivity index (χ1v) is 13.3. The molecule has 244 valence electrons. The van der Waals surface area contributed by atoms with Crippen molar-refractivity contribution in [2.24, 2.45) is 0 Å². The third-order valence-corrected chi connectivity index (χ3v) is 6.48. The number of rotatable bonds is 8. The molecule has 46 heavy (non-hydrogen) atoms. The number of ether oxygens (including phenoxy) is 2. The Morgan fingerprint density at radius 2 is 1.07 bits per heavy atom. The van der Waals surface area contributed by atoms with E-state index >= 15 is 0 Å². The van der Waals surface area contributed by atoms with Gasteiger partial charge >= 0.3 is 24.3 Å². The summed E-state index contributed by atoms with van der Waals surface area (Å²) in [5.74, 6) is -3.04. The lowest BCUT2D eigenvalue weighted by Gasteiger charge is -2.16. The van der Waals surface area contributed by atoms with E-state index in [0.717, 1.165) is 53.6 Å². The van der Waals surface area contributed by atoms with E-state index in [-0.39, 0.29) is 28.2 Å². The third kappa shape index (κ3) is 9.46. The van der Waals surface area contributed by atoms with Crippen LogP contribution in [-0.4, -0.2) is 35.4 Å². The lowest BCUT2D eigenvalue weighted by molar-refractivity contribution is -0.140. The number of halogens is 7. The largest absolute Gasteiger partial charge is 0.481 e.